The highest BCUT2D eigenvalue weighted by Gasteiger charge is 2.24. The second-order valence-electron chi connectivity index (χ2n) is 5.43. The number of rotatable bonds is 8. The van der Waals surface area contributed by atoms with Crippen molar-refractivity contribution in [1.82, 2.24) is 10.0 Å². The first-order valence-electron chi connectivity index (χ1n) is 7.39. The van der Waals surface area contributed by atoms with Crippen LogP contribution in [-0.4, -0.2) is 33.0 Å². The maximum Gasteiger partial charge on any atom is 0.241 e. The van der Waals surface area contributed by atoms with Gasteiger partial charge < -0.3 is 5.32 Å². The largest absolute Gasteiger partial charge is 0.312 e. The SMILES string of the molecule is CCCNCc1scc(C)c1S(=O)(=O)NCC1CCSC1. The third-order valence-corrected chi connectivity index (χ3v) is 7.67. The van der Waals surface area contributed by atoms with Crippen molar-refractivity contribution in [3.05, 3.63) is 15.8 Å². The molecule has 0 bridgehead atoms. The second-order valence-corrected chi connectivity index (χ2v) is 9.25. The summed E-state index contributed by atoms with van der Waals surface area (Å²) in [4.78, 5) is 1.40. The molecule has 0 aliphatic carbocycles. The van der Waals surface area contributed by atoms with Crippen molar-refractivity contribution in [3.8, 4) is 0 Å². The molecule has 4 nitrogen and oxygen atoms in total. The van der Waals surface area contributed by atoms with Gasteiger partial charge in [-0.3, -0.25) is 0 Å². The summed E-state index contributed by atoms with van der Waals surface area (Å²) in [6.45, 7) is 6.07. The maximum atomic E-state index is 12.6. The van der Waals surface area contributed by atoms with Gasteiger partial charge in [-0.1, -0.05) is 6.92 Å². The molecule has 0 spiro atoms. The van der Waals surface area contributed by atoms with E-state index in [1.165, 1.54) is 11.3 Å². The molecule has 1 aliphatic heterocycles. The van der Waals surface area contributed by atoms with Crippen molar-refractivity contribution in [2.45, 2.75) is 38.1 Å². The summed E-state index contributed by atoms with van der Waals surface area (Å²) >= 11 is 3.43. The van der Waals surface area contributed by atoms with Crippen molar-refractivity contribution in [2.75, 3.05) is 24.6 Å². The molecule has 1 aliphatic rings. The lowest BCUT2D eigenvalue weighted by Gasteiger charge is -2.12. The van der Waals surface area contributed by atoms with Crippen LogP contribution in [0.4, 0.5) is 0 Å². The third kappa shape index (κ3) is 4.69. The van der Waals surface area contributed by atoms with Crippen molar-refractivity contribution in [1.29, 1.82) is 0 Å². The molecule has 21 heavy (non-hydrogen) atoms. The minimum absolute atomic E-state index is 0.477. The molecule has 0 amide bonds. The molecule has 0 aromatic carbocycles. The van der Waals surface area contributed by atoms with E-state index in [9.17, 15) is 8.42 Å². The zero-order chi connectivity index (χ0) is 15.3. The van der Waals surface area contributed by atoms with E-state index in [0.29, 0.717) is 23.9 Å². The zero-order valence-electron chi connectivity index (χ0n) is 12.6. The highest BCUT2D eigenvalue weighted by molar-refractivity contribution is 7.99. The quantitative estimate of drug-likeness (QED) is 0.709. The summed E-state index contributed by atoms with van der Waals surface area (Å²) in [5.41, 5.74) is 0.849. The minimum atomic E-state index is -3.39. The van der Waals surface area contributed by atoms with Crippen LogP contribution in [0.25, 0.3) is 0 Å². The standard InChI is InChI=1S/C14H24N2O2S3/c1-3-5-15-8-13-14(11(2)9-20-13)21(17,18)16-7-12-4-6-19-10-12/h9,12,15-16H,3-8,10H2,1-2H3. The molecule has 2 rings (SSSR count). The van der Waals surface area contributed by atoms with E-state index in [1.54, 1.807) is 0 Å². The van der Waals surface area contributed by atoms with Crippen molar-refractivity contribution < 1.29 is 8.42 Å². The number of aryl methyl sites for hydroxylation is 1. The van der Waals surface area contributed by atoms with Crippen LogP contribution in [-0.2, 0) is 16.6 Å². The van der Waals surface area contributed by atoms with E-state index in [1.807, 2.05) is 24.1 Å². The number of hydrogen-bond acceptors (Lipinski definition) is 5. The normalized spacial score (nSPS) is 19.2. The smallest absolute Gasteiger partial charge is 0.241 e. The van der Waals surface area contributed by atoms with Gasteiger partial charge in [0.25, 0.3) is 0 Å². The monoisotopic (exact) mass is 348 g/mol. The van der Waals surface area contributed by atoms with Gasteiger partial charge in [0.05, 0.1) is 0 Å². The van der Waals surface area contributed by atoms with E-state index in [4.69, 9.17) is 0 Å². The molecule has 7 heteroatoms. The fourth-order valence-electron chi connectivity index (χ4n) is 2.39. The predicted octanol–water partition coefficient (Wildman–Crippen LogP) is 2.59. The summed E-state index contributed by atoms with van der Waals surface area (Å²) in [7, 11) is -3.39. The Kier molecular flexibility index (Phi) is 6.55. The number of hydrogen-bond donors (Lipinski definition) is 2. The van der Waals surface area contributed by atoms with E-state index in [-0.39, 0.29) is 0 Å². The molecule has 0 radical (unpaired) electrons. The van der Waals surface area contributed by atoms with Crippen LogP contribution in [0.2, 0.25) is 0 Å². The molecule has 1 fully saturated rings. The second kappa shape index (κ2) is 7.97. The van der Waals surface area contributed by atoms with Crippen molar-refractivity contribution in [3.63, 3.8) is 0 Å². The molecule has 1 aromatic rings. The van der Waals surface area contributed by atoms with Crippen LogP contribution in [0.3, 0.4) is 0 Å². The summed E-state index contributed by atoms with van der Waals surface area (Å²) in [6.07, 6.45) is 2.16. The minimum Gasteiger partial charge on any atom is -0.312 e. The molecule has 1 saturated heterocycles. The molecule has 1 aromatic heterocycles. The van der Waals surface area contributed by atoms with Crippen LogP contribution in [0.15, 0.2) is 10.3 Å². The Labute approximate surface area is 136 Å². The van der Waals surface area contributed by atoms with Gasteiger partial charge in [0.15, 0.2) is 0 Å². The summed E-state index contributed by atoms with van der Waals surface area (Å²) in [6, 6.07) is 0. The Bertz CT molecular complexity index is 549. The molecular weight excluding hydrogens is 324 g/mol. The Balaban J connectivity index is 2.05. The molecule has 2 N–H and O–H groups in total. The highest BCUT2D eigenvalue weighted by Crippen LogP contribution is 2.28. The number of thioether (sulfide) groups is 1. The van der Waals surface area contributed by atoms with E-state index < -0.39 is 10.0 Å². The van der Waals surface area contributed by atoms with Gasteiger partial charge in [0.1, 0.15) is 4.90 Å². The predicted molar refractivity (Wildman–Crippen MR) is 91.7 cm³/mol. The lowest BCUT2D eigenvalue weighted by Crippen LogP contribution is -2.30. The van der Waals surface area contributed by atoms with Crippen LogP contribution in [0.5, 0.6) is 0 Å². The molecule has 1 atom stereocenters. The Hall–Kier alpha value is -0.0800. The van der Waals surface area contributed by atoms with Gasteiger partial charge in [-0.05, 0) is 54.7 Å². The van der Waals surface area contributed by atoms with Gasteiger partial charge in [-0.2, -0.15) is 11.8 Å². The van der Waals surface area contributed by atoms with Crippen LogP contribution >= 0.6 is 23.1 Å². The van der Waals surface area contributed by atoms with Gasteiger partial charge in [-0.15, -0.1) is 11.3 Å². The first-order valence-corrected chi connectivity index (χ1v) is 10.9. The third-order valence-electron chi connectivity index (χ3n) is 3.56. The van der Waals surface area contributed by atoms with Gasteiger partial charge in [0.2, 0.25) is 10.0 Å². The maximum absolute atomic E-state index is 12.6. The van der Waals surface area contributed by atoms with Crippen molar-refractivity contribution >= 4 is 33.1 Å². The molecule has 1 unspecified atom stereocenters. The first kappa shape index (κ1) is 17.3. The molecule has 0 saturated carbocycles. The number of sulfonamides is 1. The van der Waals surface area contributed by atoms with E-state index >= 15 is 0 Å². The topological polar surface area (TPSA) is 58.2 Å². The van der Waals surface area contributed by atoms with E-state index in [0.717, 1.165) is 41.3 Å². The summed E-state index contributed by atoms with van der Waals surface area (Å²) in [5, 5.41) is 5.22. The van der Waals surface area contributed by atoms with Crippen LogP contribution in [0.1, 0.15) is 30.2 Å². The molecule has 120 valence electrons. The average Bonchev–Trinajstić information content (AvgIpc) is 3.07. The summed E-state index contributed by atoms with van der Waals surface area (Å²) < 4.78 is 28.0. The lowest BCUT2D eigenvalue weighted by molar-refractivity contribution is 0.544. The zero-order valence-corrected chi connectivity index (χ0v) is 15.1. The average molecular weight is 349 g/mol. The van der Waals surface area contributed by atoms with E-state index in [2.05, 4.69) is 17.0 Å². The van der Waals surface area contributed by atoms with Crippen molar-refractivity contribution in [2.24, 2.45) is 5.92 Å². The number of thiophene rings is 1. The fraction of sp³-hybridized carbons (Fsp3) is 0.714. The van der Waals surface area contributed by atoms with Crippen LogP contribution in [0, 0.1) is 12.8 Å². The fourth-order valence-corrected chi connectivity index (χ4v) is 6.57. The lowest BCUT2D eigenvalue weighted by atomic mass is 10.1. The van der Waals surface area contributed by atoms with Gasteiger partial charge in [-0.25, -0.2) is 13.1 Å². The molecular formula is C14H24N2O2S3. The van der Waals surface area contributed by atoms with Gasteiger partial charge in [0, 0.05) is 18.0 Å². The van der Waals surface area contributed by atoms with Gasteiger partial charge >= 0.3 is 0 Å². The first-order chi connectivity index (χ1) is 10.0. The Morgan fingerprint density at radius 3 is 2.90 bits per heavy atom. The Morgan fingerprint density at radius 1 is 1.43 bits per heavy atom. The Morgan fingerprint density at radius 2 is 2.24 bits per heavy atom. The highest BCUT2D eigenvalue weighted by atomic mass is 32.2. The molecule has 2 heterocycles. The van der Waals surface area contributed by atoms with Crippen LogP contribution < -0.4 is 10.0 Å². The summed E-state index contributed by atoms with van der Waals surface area (Å²) in [5.74, 6) is 2.69. The number of nitrogens with one attached hydrogen (secondary N) is 2.